The lowest BCUT2D eigenvalue weighted by Gasteiger charge is -2.15. The Morgan fingerprint density at radius 3 is 2.33 bits per heavy atom. The fourth-order valence-corrected chi connectivity index (χ4v) is 2.42. The molecule has 1 heterocycles. The number of nitrogens with zero attached hydrogens (tertiary/aromatic N) is 1. The van der Waals surface area contributed by atoms with Crippen molar-refractivity contribution in [2.45, 2.75) is 20.0 Å². The summed E-state index contributed by atoms with van der Waals surface area (Å²) in [7, 11) is 0. The van der Waals surface area contributed by atoms with Crippen LogP contribution in [0.4, 0.5) is 27.7 Å². The van der Waals surface area contributed by atoms with Crippen molar-refractivity contribution in [1.82, 2.24) is 4.98 Å². The Kier molecular flexibility index (Phi) is 5.89. The Morgan fingerprint density at radius 2 is 1.63 bits per heavy atom. The largest absolute Gasteiger partial charge is 0.489 e. The van der Waals surface area contributed by atoms with Crippen LogP contribution in [-0.4, -0.2) is 17.1 Å². The van der Waals surface area contributed by atoms with Gasteiger partial charge in [-0.2, -0.15) is 0 Å². The van der Waals surface area contributed by atoms with Gasteiger partial charge in [-0.3, -0.25) is 5.32 Å². The third-order valence-electron chi connectivity index (χ3n) is 3.57. The van der Waals surface area contributed by atoms with Crippen molar-refractivity contribution < 1.29 is 9.53 Å². The number of anilines is 4. The number of aromatic nitrogens is 1. The first-order valence-corrected chi connectivity index (χ1v) is 8.72. The Balaban J connectivity index is 1.61. The van der Waals surface area contributed by atoms with Gasteiger partial charge in [0.1, 0.15) is 11.6 Å². The fraction of sp³-hybridized carbons (Fsp3) is 0.143. The SMILES string of the molecule is CC(C)Oc1ccccc1Nc1ccc(NC(=O)Nc2ccccc2)nc1. The molecule has 0 aliphatic heterocycles. The Hall–Kier alpha value is -3.54. The minimum absolute atomic E-state index is 0.0841. The average Bonchev–Trinajstić information content (AvgIpc) is 2.65. The Bertz CT molecular complexity index is 880. The van der Waals surface area contributed by atoms with Gasteiger partial charge in [-0.05, 0) is 50.2 Å². The molecule has 3 aromatic rings. The van der Waals surface area contributed by atoms with E-state index < -0.39 is 0 Å². The first-order valence-electron chi connectivity index (χ1n) is 8.72. The monoisotopic (exact) mass is 362 g/mol. The molecular weight excluding hydrogens is 340 g/mol. The molecule has 0 aliphatic carbocycles. The van der Waals surface area contributed by atoms with E-state index in [0.29, 0.717) is 5.82 Å². The highest BCUT2D eigenvalue weighted by atomic mass is 16.5. The number of hydrogen-bond donors (Lipinski definition) is 3. The van der Waals surface area contributed by atoms with Crippen molar-refractivity contribution in [3.8, 4) is 5.75 Å². The average molecular weight is 362 g/mol. The van der Waals surface area contributed by atoms with Crippen LogP contribution in [0.3, 0.4) is 0 Å². The molecular formula is C21H22N4O2. The predicted octanol–water partition coefficient (Wildman–Crippen LogP) is 5.26. The summed E-state index contributed by atoms with van der Waals surface area (Å²) in [5.41, 5.74) is 2.37. The van der Waals surface area contributed by atoms with Crippen molar-refractivity contribution >= 4 is 28.9 Å². The van der Waals surface area contributed by atoms with Gasteiger partial charge in [0.25, 0.3) is 0 Å². The van der Waals surface area contributed by atoms with Gasteiger partial charge in [0.2, 0.25) is 0 Å². The summed E-state index contributed by atoms with van der Waals surface area (Å²) >= 11 is 0. The molecule has 0 aliphatic rings. The molecule has 0 bridgehead atoms. The second-order valence-corrected chi connectivity index (χ2v) is 6.17. The predicted molar refractivity (Wildman–Crippen MR) is 109 cm³/mol. The maximum absolute atomic E-state index is 12.0. The van der Waals surface area contributed by atoms with Gasteiger partial charge >= 0.3 is 6.03 Å². The lowest BCUT2D eigenvalue weighted by molar-refractivity contribution is 0.244. The zero-order valence-electron chi connectivity index (χ0n) is 15.3. The van der Waals surface area contributed by atoms with Crippen LogP contribution < -0.4 is 20.7 Å². The van der Waals surface area contributed by atoms with Gasteiger partial charge in [-0.15, -0.1) is 0 Å². The molecule has 1 aromatic heterocycles. The molecule has 6 heteroatoms. The molecule has 6 nitrogen and oxygen atoms in total. The van der Waals surface area contributed by atoms with Gasteiger partial charge in [-0.1, -0.05) is 30.3 Å². The molecule has 2 amide bonds. The van der Waals surface area contributed by atoms with Crippen molar-refractivity contribution in [2.24, 2.45) is 0 Å². The third kappa shape index (κ3) is 5.47. The van der Waals surface area contributed by atoms with Gasteiger partial charge < -0.3 is 15.4 Å². The van der Waals surface area contributed by atoms with Crippen LogP contribution in [0.2, 0.25) is 0 Å². The fourth-order valence-electron chi connectivity index (χ4n) is 2.42. The van der Waals surface area contributed by atoms with Crippen LogP contribution in [0.25, 0.3) is 0 Å². The third-order valence-corrected chi connectivity index (χ3v) is 3.57. The van der Waals surface area contributed by atoms with E-state index in [2.05, 4.69) is 20.9 Å². The smallest absolute Gasteiger partial charge is 0.324 e. The number of benzene rings is 2. The van der Waals surface area contributed by atoms with Crippen LogP contribution >= 0.6 is 0 Å². The molecule has 0 unspecified atom stereocenters. The van der Waals surface area contributed by atoms with Crippen molar-refractivity contribution in [3.63, 3.8) is 0 Å². The normalized spacial score (nSPS) is 10.3. The maximum Gasteiger partial charge on any atom is 0.324 e. The molecule has 3 rings (SSSR count). The van der Waals surface area contributed by atoms with Crippen molar-refractivity contribution in [1.29, 1.82) is 0 Å². The number of rotatable bonds is 6. The quantitative estimate of drug-likeness (QED) is 0.559. The highest BCUT2D eigenvalue weighted by Crippen LogP contribution is 2.28. The number of ether oxygens (including phenoxy) is 1. The lowest BCUT2D eigenvalue weighted by Crippen LogP contribution is -2.19. The van der Waals surface area contributed by atoms with Gasteiger partial charge in [0.15, 0.2) is 0 Å². The zero-order chi connectivity index (χ0) is 19.1. The number of pyridine rings is 1. The molecule has 0 radical (unpaired) electrons. The van der Waals surface area contributed by atoms with Gasteiger partial charge in [0.05, 0.1) is 23.7 Å². The highest BCUT2D eigenvalue weighted by Gasteiger charge is 2.07. The Labute approximate surface area is 158 Å². The van der Waals surface area contributed by atoms with E-state index in [1.165, 1.54) is 0 Å². The summed E-state index contributed by atoms with van der Waals surface area (Å²) in [5.74, 6) is 1.23. The molecule has 2 aromatic carbocycles. The summed E-state index contributed by atoms with van der Waals surface area (Å²) in [5, 5.41) is 8.74. The molecule has 0 atom stereocenters. The number of para-hydroxylation sites is 3. The van der Waals surface area contributed by atoms with E-state index in [9.17, 15) is 4.79 Å². The summed E-state index contributed by atoms with van der Waals surface area (Å²) in [6.07, 6.45) is 1.74. The van der Waals surface area contributed by atoms with Crippen LogP contribution in [0.1, 0.15) is 13.8 Å². The number of urea groups is 1. The minimum Gasteiger partial charge on any atom is -0.489 e. The van der Waals surface area contributed by atoms with Gasteiger partial charge in [0, 0.05) is 5.69 Å². The second-order valence-electron chi connectivity index (χ2n) is 6.17. The van der Waals surface area contributed by atoms with Crippen molar-refractivity contribution in [3.05, 3.63) is 72.9 Å². The van der Waals surface area contributed by atoms with Crippen LogP contribution in [0, 0.1) is 0 Å². The summed E-state index contributed by atoms with van der Waals surface area (Å²) in [6.45, 7) is 3.97. The van der Waals surface area contributed by atoms with Gasteiger partial charge in [-0.25, -0.2) is 9.78 Å². The van der Waals surface area contributed by atoms with Crippen molar-refractivity contribution in [2.75, 3.05) is 16.0 Å². The molecule has 3 N–H and O–H groups in total. The van der Waals surface area contributed by atoms with E-state index in [1.54, 1.807) is 12.3 Å². The highest BCUT2D eigenvalue weighted by molar-refractivity contribution is 5.99. The molecule has 27 heavy (non-hydrogen) atoms. The van der Waals surface area contributed by atoms with E-state index in [-0.39, 0.29) is 12.1 Å². The first kappa shape index (κ1) is 18.3. The molecule has 0 saturated carbocycles. The maximum atomic E-state index is 12.0. The molecule has 0 spiro atoms. The summed E-state index contributed by atoms with van der Waals surface area (Å²) < 4.78 is 5.80. The molecule has 138 valence electrons. The van der Waals surface area contributed by atoms with Crippen LogP contribution in [0.15, 0.2) is 72.9 Å². The summed E-state index contributed by atoms with van der Waals surface area (Å²) in [4.78, 5) is 16.3. The number of amides is 2. The lowest BCUT2D eigenvalue weighted by atomic mass is 10.2. The van der Waals surface area contributed by atoms with Crippen LogP contribution in [-0.2, 0) is 0 Å². The number of carbonyl (C=O) groups excluding carboxylic acids is 1. The standard InChI is InChI=1S/C21H22N4O2/c1-15(2)27-19-11-7-6-10-18(19)23-17-12-13-20(22-14-17)25-21(26)24-16-8-4-3-5-9-16/h3-15,23H,1-2H3,(H2,22,24,25,26). The molecule has 0 fully saturated rings. The van der Waals surface area contributed by atoms with E-state index in [1.807, 2.05) is 74.5 Å². The summed E-state index contributed by atoms with van der Waals surface area (Å²) in [6, 6.07) is 20.2. The Morgan fingerprint density at radius 1 is 0.889 bits per heavy atom. The van der Waals surface area contributed by atoms with Crippen LogP contribution in [0.5, 0.6) is 5.75 Å². The number of nitrogens with one attached hydrogen (secondary N) is 3. The number of hydrogen-bond acceptors (Lipinski definition) is 4. The van der Waals surface area contributed by atoms with E-state index in [4.69, 9.17) is 4.74 Å². The minimum atomic E-state index is -0.343. The number of carbonyl (C=O) groups is 1. The molecule has 0 saturated heterocycles. The van der Waals surface area contributed by atoms with E-state index >= 15 is 0 Å². The topological polar surface area (TPSA) is 75.3 Å². The van der Waals surface area contributed by atoms with E-state index in [0.717, 1.165) is 22.8 Å². The zero-order valence-corrected chi connectivity index (χ0v) is 15.3. The second kappa shape index (κ2) is 8.71. The first-order chi connectivity index (χ1) is 13.1.